The highest BCUT2D eigenvalue weighted by molar-refractivity contribution is 7.99. The summed E-state index contributed by atoms with van der Waals surface area (Å²) >= 11 is 1.57. The van der Waals surface area contributed by atoms with Gasteiger partial charge < -0.3 is 10.4 Å². The first-order chi connectivity index (χ1) is 14.1. The lowest BCUT2D eigenvalue weighted by Crippen LogP contribution is -2.38. The predicted molar refractivity (Wildman–Crippen MR) is 121 cm³/mol. The van der Waals surface area contributed by atoms with Gasteiger partial charge in [0, 0.05) is 23.1 Å². The fourth-order valence-corrected chi connectivity index (χ4v) is 4.07. The normalized spacial score (nSPS) is 12.3. The van der Waals surface area contributed by atoms with Gasteiger partial charge in [-0.1, -0.05) is 68.7 Å². The maximum Gasteiger partial charge on any atom is 0.305 e. The van der Waals surface area contributed by atoms with E-state index in [0.717, 1.165) is 23.1 Å². The molecule has 29 heavy (non-hydrogen) atoms. The molecule has 0 aromatic heterocycles. The second kappa shape index (κ2) is 13.0. The second-order valence-electron chi connectivity index (χ2n) is 7.21. The Labute approximate surface area is 177 Å². The lowest BCUT2D eigenvalue weighted by molar-refractivity contribution is -0.137. The van der Waals surface area contributed by atoms with Gasteiger partial charge in [0.25, 0.3) is 0 Å². The molecule has 2 aromatic rings. The van der Waals surface area contributed by atoms with E-state index in [1.165, 1.54) is 24.6 Å². The Morgan fingerprint density at radius 1 is 1.07 bits per heavy atom. The van der Waals surface area contributed by atoms with E-state index >= 15 is 0 Å². The minimum Gasteiger partial charge on any atom is -0.481 e. The molecule has 0 spiro atoms. The zero-order chi connectivity index (χ0) is 20.9. The van der Waals surface area contributed by atoms with Gasteiger partial charge in [0.05, 0.1) is 6.42 Å². The molecular weight excluding hydrogens is 382 g/mol. The number of carbonyl (C=O) groups excluding carboxylic acids is 1. The van der Waals surface area contributed by atoms with E-state index in [1.54, 1.807) is 11.8 Å². The maximum atomic E-state index is 12.2. The number of unbranched alkanes of at least 4 members (excludes halogenated alkanes) is 4. The Morgan fingerprint density at radius 2 is 1.86 bits per heavy atom. The number of rotatable bonds is 13. The topological polar surface area (TPSA) is 66.4 Å². The van der Waals surface area contributed by atoms with E-state index in [9.17, 15) is 14.7 Å². The summed E-state index contributed by atoms with van der Waals surface area (Å²) in [5.74, 6) is -0.502. The van der Waals surface area contributed by atoms with Crippen molar-refractivity contribution in [2.24, 2.45) is 0 Å². The van der Waals surface area contributed by atoms with Crippen LogP contribution < -0.4 is 5.32 Å². The third-order valence-corrected chi connectivity index (χ3v) is 5.81. The van der Waals surface area contributed by atoms with Crippen LogP contribution in [0.25, 0.3) is 10.8 Å². The highest BCUT2D eigenvalue weighted by Gasteiger charge is 2.16. The van der Waals surface area contributed by atoms with Crippen LogP contribution in [-0.2, 0) is 9.59 Å². The van der Waals surface area contributed by atoms with E-state index in [-0.39, 0.29) is 12.3 Å². The Hall–Kier alpha value is -2.27. The fraction of sp³-hybridized carbons (Fsp3) is 0.417. The van der Waals surface area contributed by atoms with Crippen molar-refractivity contribution in [2.75, 3.05) is 5.75 Å². The summed E-state index contributed by atoms with van der Waals surface area (Å²) in [5.41, 5.74) is 0. The molecule has 1 amide bonds. The lowest BCUT2D eigenvalue weighted by atomic mass is 10.1. The van der Waals surface area contributed by atoms with Crippen molar-refractivity contribution in [3.63, 3.8) is 0 Å². The van der Waals surface area contributed by atoms with Crippen LogP contribution in [0, 0.1) is 0 Å². The number of hydrogen-bond donors (Lipinski definition) is 2. The molecule has 0 bridgehead atoms. The van der Waals surface area contributed by atoms with Crippen molar-refractivity contribution >= 4 is 34.4 Å². The minimum atomic E-state index is -0.902. The summed E-state index contributed by atoms with van der Waals surface area (Å²) in [6.45, 7) is 2.19. The number of amides is 1. The first kappa shape index (κ1) is 23.0. The Morgan fingerprint density at radius 3 is 2.62 bits per heavy atom. The number of allylic oxidation sites excluding steroid dienone is 1. The van der Waals surface area contributed by atoms with Gasteiger partial charge in [-0.25, -0.2) is 0 Å². The van der Waals surface area contributed by atoms with Gasteiger partial charge in [-0.3, -0.25) is 9.59 Å². The Bertz CT molecular complexity index is 819. The molecule has 2 aromatic carbocycles. The molecule has 0 saturated carbocycles. The zero-order valence-corrected chi connectivity index (χ0v) is 17.9. The van der Waals surface area contributed by atoms with Gasteiger partial charge in [0.2, 0.25) is 5.91 Å². The van der Waals surface area contributed by atoms with E-state index in [2.05, 4.69) is 36.5 Å². The molecule has 1 atom stereocenters. The number of carboxylic acids is 1. The number of nitrogens with one attached hydrogen (secondary N) is 1. The summed E-state index contributed by atoms with van der Waals surface area (Å²) in [5, 5.41) is 14.4. The Balaban J connectivity index is 1.82. The van der Waals surface area contributed by atoms with Gasteiger partial charge in [-0.05, 0) is 35.7 Å². The number of carbonyl (C=O) groups is 2. The lowest BCUT2D eigenvalue weighted by Gasteiger charge is -2.16. The number of aliphatic carboxylic acids is 1. The van der Waals surface area contributed by atoms with Gasteiger partial charge in [-0.2, -0.15) is 0 Å². The van der Waals surface area contributed by atoms with Gasteiger partial charge >= 0.3 is 5.97 Å². The summed E-state index contributed by atoms with van der Waals surface area (Å²) in [4.78, 5) is 24.4. The molecule has 5 heteroatoms. The van der Waals surface area contributed by atoms with E-state index in [0.29, 0.717) is 12.2 Å². The van der Waals surface area contributed by atoms with Crippen LogP contribution in [-0.4, -0.2) is 28.8 Å². The van der Waals surface area contributed by atoms with Crippen LogP contribution in [0.3, 0.4) is 0 Å². The van der Waals surface area contributed by atoms with Crippen LogP contribution in [0.4, 0.5) is 0 Å². The molecule has 2 rings (SSSR count). The van der Waals surface area contributed by atoms with E-state index in [4.69, 9.17) is 0 Å². The fourth-order valence-electron chi connectivity index (χ4n) is 3.10. The monoisotopic (exact) mass is 413 g/mol. The molecule has 0 heterocycles. The van der Waals surface area contributed by atoms with Crippen LogP contribution in [0.15, 0.2) is 59.5 Å². The summed E-state index contributed by atoms with van der Waals surface area (Å²) in [6, 6.07) is 13.9. The maximum absolute atomic E-state index is 12.2. The van der Waals surface area contributed by atoms with Crippen LogP contribution >= 0.6 is 11.8 Å². The Kier molecular flexibility index (Phi) is 10.4. The molecule has 0 aliphatic heterocycles. The van der Waals surface area contributed by atoms with Gasteiger partial charge in [0.15, 0.2) is 0 Å². The average molecular weight is 414 g/mol. The first-order valence-electron chi connectivity index (χ1n) is 10.4. The van der Waals surface area contributed by atoms with Crippen LogP contribution in [0.1, 0.15) is 51.9 Å². The predicted octanol–water partition coefficient (Wildman–Crippen LogP) is 5.81. The first-order valence-corrected chi connectivity index (χ1v) is 11.3. The molecule has 4 nitrogen and oxygen atoms in total. The SMILES string of the molecule is CCCCCC/C=C/CC(=O)NC(CSc1ccc2ccccc2c1)CC(=O)O. The molecular formula is C24H31NO3S. The molecule has 0 radical (unpaired) electrons. The molecule has 2 N–H and O–H groups in total. The number of thioether (sulfide) groups is 1. The zero-order valence-electron chi connectivity index (χ0n) is 17.1. The third-order valence-electron chi connectivity index (χ3n) is 4.65. The summed E-state index contributed by atoms with van der Waals surface area (Å²) < 4.78 is 0. The minimum absolute atomic E-state index is 0.0763. The number of hydrogen-bond acceptors (Lipinski definition) is 3. The van der Waals surface area contributed by atoms with Crippen molar-refractivity contribution in [3.05, 3.63) is 54.6 Å². The van der Waals surface area contributed by atoms with E-state index in [1.807, 2.05) is 30.4 Å². The van der Waals surface area contributed by atoms with Gasteiger partial charge in [-0.15, -0.1) is 11.8 Å². The molecule has 156 valence electrons. The molecule has 0 fully saturated rings. The molecule has 0 aliphatic carbocycles. The van der Waals surface area contributed by atoms with Crippen molar-refractivity contribution in [1.82, 2.24) is 5.32 Å². The van der Waals surface area contributed by atoms with Crippen molar-refractivity contribution < 1.29 is 14.7 Å². The van der Waals surface area contributed by atoms with Crippen molar-refractivity contribution in [3.8, 4) is 0 Å². The molecule has 0 aliphatic rings. The summed E-state index contributed by atoms with van der Waals surface area (Å²) in [7, 11) is 0. The standard InChI is InChI=1S/C24H31NO3S/c1-2-3-4-5-6-7-8-13-23(26)25-21(17-24(27)28)18-29-22-15-14-19-11-9-10-12-20(19)16-22/h7-12,14-16,21H,2-6,13,17-18H2,1H3,(H,25,26)(H,27,28)/b8-7+. The van der Waals surface area contributed by atoms with Crippen molar-refractivity contribution in [2.45, 2.75) is 62.8 Å². The van der Waals surface area contributed by atoms with E-state index < -0.39 is 12.0 Å². The quantitative estimate of drug-likeness (QED) is 0.247. The highest BCUT2D eigenvalue weighted by atomic mass is 32.2. The largest absolute Gasteiger partial charge is 0.481 e. The summed E-state index contributed by atoms with van der Waals surface area (Å²) in [6.07, 6.45) is 9.98. The third kappa shape index (κ3) is 9.18. The number of carboxylic acid groups (broad SMARTS) is 1. The van der Waals surface area contributed by atoms with Gasteiger partial charge in [0.1, 0.15) is 0 Å². The smallest absolute Gasteiger partial charge is 0.305 e. The number of fused-ring (bicyclic) bond motifs is 1. The van der Waals surface area contributed by atoms with Crippen LogP contribution in [0.5, 0.6) is 0 Å². The van der Waals surface area contributed by atoms with Crippen LogP contribution in [0.2, 0.25) is 0 Å². The molecule has 1 unspecified atom stereocenters. The average Bonchev–Trinajstić information content (AvgIpc) is 2.71. The second-order valence-corrected chi connectivity index (χ2v) is 8.30. The van der Waals surface area contributed by atoms with Crippen molar-refractivity contribution in [1.29, 1.82) is 0 Å². The highest BCUT2D eigenvalue weighted by Crippen LogP contribution is 2.24. The number of benzene rings is 2. The molecule has 0 saturated heterocycles.